The number of hydrogen-bond donors (Lipinski definition) is 1. The van der Waals surface area contributed by atoms with Gasteiger partial charge in [-0.3, -0.25) is 0 Å². The van der Waals surface area contributed by atoms with Crippen molar-refractivity contribution < 1.29 is 9.50 Å². The van der Waals surface area contributed by atoms with E-state index in [0.29, 0.717) is 17.3 Å². The van der Waals surface area contributed by atoms with Gasteiger partial charge in [-0.2, -0.15) is 0 Å². The van der Waals surface area contributed by atoms with Crippen molar-refractivity contribution in [2.75, 3.05) is 0 Å². The van der Waals surface area contributed by atoms with Crippen molar-refractivity contribution in [2.24, 2.45) is 0 Å². The summed E-state index contributed by atoms with van der Waals surface area (Å²) in [6, 6.07) is 9.68. The smallest absolute Gasteiger partial charge is 0.142 e. The van der Waals surface area contributed by atoms with Gasteiger partial charge in [-0.1, -0.05) is 23.7 Å². The average Bonchev–Trinajstić information content (AvgIpc) is 2.77. The van der Waals surface area contributed by atoms with Crippen molar-refractivity contribution in [2.45, 2.75) is 19.6 Å². The first-order valence-electron chi connectivity index (χ1n) is 6.61. The van der Waals surface area contributed by atoms with E-state index < -0.39 is 6.10 Å². The third-order valence-corrected chi connectivity index (χ3v) is 3.95. The zero-order valence-corrected chi connectivity index (χ0v) is 12.2. The summed E-state index contributed by atoms with van der Waals surface area (Å²) in [5, 5.41) is 10.8. The van der Waals surface area contributed by atoms with Crippen molar-refractivity contribution in [3.8, 4) is 11.4 Å². The van der Waals surface area contributed by atoms with Crippen LogP contribution in [0.2, 0.25) is 5.15 Å². The maximum atomic E-state index is 12.9. The Kier molecular flexibility index (Phi) is 3.66. The molecular weight excluding hydrogens is 291 g/mol. The molecule has 0 aromatic heterocycles. The van der Waals surface area contributed by atoms with E-state index in [1.54, 1.807) is 12.1 Å². The lowest BCUT2D eigenvalue weighted by atomic mass is 10.1. The molecule has 1 aromatic rings. The number of aliphatic hydroxyl groups excluding tert-OH is 1. The Labute approximate surface area is 127 Å². The first-order chi connectivity index (χ1) is 10.1. The summed E-state index contributed by atoms with van der Waals surface area (Å²) in [5.74, 6) is 0.418. The van der Waals surface area contributed by atoms with Gasteiger partial charge in [0, 0.05) is 11.8 Å². The number of hydrogen-bond acceptors (Lipinski definition) is 2. The Balaban J connectivity index is 1.90. The topological polar surface area (TPSA) is 38.0 Å². The highest BCUT2D eigenvalue weighted by Crippen LogP contribution is 2.31. The Hall–Kier alpha value is -1.91. The number of benzene rings is 1. The van der Waals surface area contributed by atoms with Crippen LogP contribution in [0.3, 0.4) is 0 Å². The molecule has 0 aliphatic carbocycles. The van der Waals surface area contributed by atoms with Gasteiger partial charge in [-0.25, -0.2) is 9.37 Å². The molecular formula is C16H14ClFN2O. The summed E-state index contributed by atoms with van der Waals surface area (Å²) in [4.78, 5) is 4.33. The van der Waals surface area contributed by atoms with Crippen molar-refractivity contribution in [3.05, 3.63) is 64.7 Å². The minimum absolute atomic E-state index is 0.319. The first-order valence-corrected chi connectivity index (χ1v) is 6.98. The monoisotopic (exact) mass is 304 g/mol. The molecule has 1 aromatic carbocycles. The van der Waals surface area contributed by atoms with Crippen LogP contribution in [0.15, 0.2) is 42.6 Å². The molecule has 3 nitrogen and oxygen atoms in total. The first kappa shape index (κ1) is 14.0. The van der Waals surface area contributed by atoms with Gasteiger partial charge in [0.25, 0.3) is 0 Å². The van der Waals surface area contributed by atoms with E-state index in [2.05, 4.69) is 4.98 Å². The molecule has 2 aliphatic rings. The Morgan fingerprint density at radius 2 is 2.00 bits per heavy atom. The number of aromatic nitrogens is 2. The zero-order chi connectivity index (χ0) is 15.0. The lowest BCUT2D eigenvalue weighted by Gasteiger charge is -2.16. The number of aliphatic hydroxyl groups is 1. The zero-order valence-electron chi connectivity index (χ0n) is 11.4. The highest BCUT2D eigenvalue weighted by Gasteiger charge is 2.18. The van der Waals surface area contributed by atoms with Gasteiger partial charge in [0.15, 0.2) is 0 Å². The fourth-order valence-corrected chi connectivity index (χ4v) is 2.55. The quantitative estimate of drug-likeness (QED) is 0.799. The second-order valence-corrected chi connectivity index (χ2v) is 5.35. The van der Waals surface area contributed by atoms with Crippen molar-refractivity contribution >= 4 is 11.6 Å². The van der Waals surface area contributed by atoms with E-state index in [-0.39, 0.29) is 5.82 Å². The Morgan fingerprint density at radius 1 is 1.29 bits per heavy atom. The second kappa shape index (κ2) is 5.47. The van der Waals surface area contributed by atoms with Gasteiger partial charge in [0.1, 0.15) is 16.8 Å². The van der Waals surface area contributed by atoms with Gasteiger partial charge in [0.2, 0.25) is 0 Å². The molecule has 2 heterocycles. The van der Waals surface area contributed by atoms with Crippen LogP contribution >= 0.6 is 11.6 Å². The second-order valence-electron chi connectivity index (χ2n) is 4.99. The molecule has 5 heteroatoms. The molecule has 0 spiro atoms. The molecule has 1 N–H and O–H groups in total. The molecule has 0 saturated carbocycles. The normalized spacial score (nSPS) is 12.8. The molecule has 0 fully saturated rings. The summed E-state index contributed by atoms with van der Waals surface area (Å²) in [6.07, 6.45) is 1.11. The summed E-state index contributed by atoms with van der Waals surface area (Å²) < 4.78 is 14.8. The third kappa shape index (κ3) is 2.64. The fraction of sp³-hybridized carbons (Fsp3) is 0.188. The van der Waals surface area contributed by atoms with E-state index in [0.717, 1.165) is 17.0 Å². The molecule has 1 atom stereocenters. The average molecular weight is 305 g/mol. The molecule has 0 amide bonds. The van der Waals surface area contributed by atoms with E-state index in [4.69, 9.17) is 11.6 Å². The molecule has 0 bridgehead atoms. The number of nitrogens with zero attached hydrogens (tertiary/aromatic N) is 2. The minimum Gasteiger partial charge on any atom is -0.387 e. The largest absolute Gasteiger partial charge is 0.387 e. The van der Waals surface area contributed by atoms with E-state index in [1.807, 2.05) is 29.8 Å². The van der Waals surface area contributed by atoms with Crippen molar-refractivity contribution in [1.29, 1.82) is 0 Å². The summed E-state index contributed by atoms with van der Waals surface area (Å²) in [5.41, 5.74) is 2.56. The fourth-order valence-electron chi connectivity index (χ4n) is 2.37. The van der Waals surface area contributed by atoms with Crippen LogP contribution in [-0.4, -0.2) is 14.7 Å². The number of halogens is 2. The SMILES string of the molecule is Cc1c2cccn(CC(O)c3ccc(F)cc3)c-2nc1Cl. The predicted octanol–water partition coefficient (Wildman–Crippen LogP) is 3.82. The van der Waals surface area contributed by atoms with E-state index in [9.17, 15) is 9.50 Å². The Bertz CT molecular complexity index is 739. The maximum absolute atomic E-state index is 12.9. The van der Waals surface area contributed by atoms with Crippen LogP contribution in [-0.2, 0) is 6.54 Å². The van der Waals surface area contributed by atoms with Gasteiger partial charge in [-0.15, -0.1) is 0 Å². The number of pyridine rings is 1. The van der Waals surface area contributed by atoms with E-state index in [1.165, 1.54) is 12.1 Å². The van der Waals surface area contributed by atoms with Crippen LogP contribution in [0, 0.1) is 12.7 Å². The van der Waals surface area contributed by atoms with Crippen LogP contribution in [0.25, 0.3) is 11.4 Å². The van der Waals surface area contributed by atoms with Crippen molar-refractivity contribution in [3.63, 3.8) is 0 Å². The van der Waals surface area contributed by atoms with Gasteiger partial charge in [-0.05, 0) is 42.3 Å². The molecule has 0 saturated heterocycles. The van der Waals surface area contributed by atoms with Gasteiger partial charge >= 0.3 is 0 Å². The van der Waals surface area contributed by atoms with Crippen LogP contribution in [0.5, 0.6) is 0 Å². The number of fused-ring (bicyclic) bond motifs is 1. The van der Waals surface area contributed by atoms with Crippen molar-refractivity contribution in [1.82, 2.24) is 9.55 Å². The molecule has 2 aliphatic heterocycles. The Morgan fingerprint density at radius 3 is 2.71 bits per heavy atom. The molecule has 1 unspecified atom stereocenters. The standard InChI is InChI=1S/C16H14ClFN2O/c1-10-13-3-2-8-20(16(13)19-15(10)17)9-14(21)11-4-6-12(18)7-5-11/h2-8,14,21H,9H2,1H3. The lowest BCUT2D eigenvalue weighted by Crippen LogP contribution is -2.11. The van der Waals surface area contributed by atoms with Crippen LogP contribution < -0.4 is 0 Å². The van der Waals surface area contributed by atoms with Gasteiger partial charge in [0.05, 0.1) is 12.6 Å². The molecule has 3 rings (SSSR count). The molecule has 0 radical (unpaired) electrons. The van der Waals surface area contributed by atoms with Gasteiger partial charge < -0.3 is 9.67 Å². The number of rotatable bonds is 3. The molecule has 108 valence electrons. The summed E-state index contributed by atoms with van der Waals surface area (Å²) >= 11 is 6.07. The summed E-state index contributed by atoms with van der Waals surface area (Å²) in [6.45, 7) is 2.24. The highest BCUT2D eigenvalue weighted by atomic mass is 35.5. The maximum Gasteiger partial charge on any atom is 0.142 e. The van der Waals surface area contributed by atoms with Crippen LogP contribution in [0.1, 0.15) is 17.2 Å². The highest BCUT2D eigenvalue weighted by molar-refractivity contribution is 6.31. The minimum atomic E-state index is -0.739. The van der Waals surface area contributed by atoms with Crippen LogP contribution in [0.4, 0.5) is 4.39 Å². The van der Waals surface area contributed by atoms with E-state index >= 15 is 0 Å². The third-order valence-electron chi connectivity index (χ3n) is 3.58. The summed E-state index contributed by atoms with van der Waals surface area (Å²) in [7, 11) is 0. The predicted molar refractivity (Wildman–Crippen MR) is 80.0 cm³/mol. The molecule has 21 heavy (non-hydrogen) atoms. The lowest BCUT2D eigenvalue weighted by molar-refractivity contribution is 0.156.